The predicted molar refractivity (Wildman–Crippen MR) is 82.1 cm³/mol. The third-order valence-electron chi connectivity index (χ3n) is 3.63. The van der Waals surface area contributed by atoms with Crippen LogP contribution < -0.4 is 10.6 Å². The van der Waals surface area contributed by atoms with Gasteiger partial charge in [-0.2, -0.15) is 0 Å². The standard InChI is InChI=1S/C16H17N3O2/c1-11(15(20)19-9-8-17-16(19)21)18-14-7-6-12-4-2-3-5-13(12)10-14/h2-7,10-11,18H,8-9H2,1H3,(H,17,21)/t11-/m0/s1. The van der Waals surface area contributed by atoms with Gasteiger partial charge in [0.2, 0.25) is 0 Å². The minimum Gasteiger partial charge on any atom is -0.374 e. The number of carbonyl (C=O) groups is 2. The number of benzene rings is 2. The fraction of sp³-hybridized carbons (Fsp3) is 0.250. The van der Waals surface area contributed by atoms with Crippen molar-refractivity contribution in [1.29, 1.82) is 0 Å². The Morgan fingerprint density at radius 1 is 1.24 bits per heavy atom. The maximum Gasteiger partial charge on any atom is 0.324 e. The average molecular weight is 283 g/mol. The summed E-state index contributed by atoms with van der Waals surface area (Å²) in [7, 11) is 0. The van der Waals surface area contributed by atoms with Crippen LogP contribution in [0.4, 0.5) is 10.5 Å². The Morgan fingerprint density at radius 2 is 2.00 bits per heavy atom. The van der Waals surface area contributed by atoms with Crippen LogP contribution in [0.1, 0.15) is 6.92 Å². The molecule has 0 unspecified atom stereocenters. The van der Waals surface area contributed by atoms with Gasteiger partial charge in [-0.3, -0.25) is 9.69 Å². The van der Waals surface area contributed by atoms with Gasteiger partial charge in [0.05, 0.1) is 0 Å². The van der Waals surface area contributed by atoms with Gasteiger partial charge < -0.3 is 10.6 Å². The van der Waals surface area contributed by atoms with Crippen LogP contribution in [0.25, 0.3) is 10.8 Å². The number of carbonyl (C=O) groups excluding carboxylic acids is 2. The number of nitrogens with zero attached hydrogens (tertiary/aromatic N) is 1. The van der Waals surface area contributed by atoms with Crippen LogP contribution in [0.3, 0.4) is 0 Å². The van der Waals surface area contributed by atoms with Gasteiger partial charge in [-0.15, -0.1) is 0 Å². The predicted octanol–water partition coefficient (Wildman–Crippen LogP) is 2.19. The fourth-order valence-corrected chi connectivity index (χ4v) is 2.51. The Balaban J connectivity index is 1.75. The molecule has 1 aliphatic heterocycles. The van der Waals surface area contributed by atoms with E-state index in [2.05, 4.69) is 10.6 Å². The molecule has 21 heavy (non-hydrogen) atoms. The minimum absolute atomic E-state index is 0.210. The van der Waals surface area contributed by atoms with Crippen molar-refractivity contribution in [3.05, 3.63) is 42.5 Å². The Labute approximate surface area is 122 Å². The van der Waals surface area contributed by atoms with E-state index < -0.39 is 6.04 Å². The van der Waals surface area contributed by atoms with E-state index in [1.807, 2.05) is 42.5 Å². The number of nitrogens with one attached hydrogen (secondary N) is 2. The molecule has 0 spiro atoms. The first-order chi connectivity index (χ1) is 10.1. The summed E-state index contributed by atoms with van der Waals surface area (Å²) in [5.74, 6) is -0.210. The number of fused-ring (bicyclic) bond motifs is 1. The number of rotatable bonds is 3. The second-order valence-corrected chi connectivity index (χ2v) is 5.15. The molecule has 108 valence electrons. The number of imide groups is 1. The summed E-state index contributed by atoms with van der Waals surface area (Å²) >= 11 is 0. The quantitative estimate of drug-likeness (QED) is 0.907. The molecule has 3 amide bonds. The van der Waals surface area contributed by atoms with E-state index in [9.17, 15) is 9.59 Å². The van der Waals surface area contributed by atoms with Crippen LogP contribution in [-0.4, -0.2) is 36.0 Å². The Morgan fingerprint density at radius 3 is 2.71 bits per heavy atom. The van der Waals surface area contributed by atoms with Gasteiger partial charge in [-0.1, -0.05) is 30.3 Å². The van der Waals surface area contributed by atoms with Gasteiger partial charge in [-0.25, -0.2) is 4.79 Å². The van der Waals surface area contributed by atoms with E-state index >= 15 is 0 Å². The van der Waals surface area contributed by atoms with E-state index in [1.165, 1.54) is 4.90 Å². The molecule has 2 aromatic carbocycles. The first-order valence-electron chi connectivity index (χ1n) is 7.00. The van der Waals surface area contributed by atoms with Crippen LogP contribution in [-0.2, 0) is 4.79 Å². The molecule has 0 bridgehead atoms. The van der Waals surface area contributed by atoms with Gasteiger partial charge in [0.25, 0.3) is 5.91 Å². The second-order valence-electron chi connectivity index (χ2n) is 5.15. The summed E-state index contributed by atoms with van der Waals surface area (Å²) in [5, 5.41) is 8.06. The van der Waals surface area contributed by atoms with Gasteiger partial charge in [0, 0.05) is 18.8 Å². The molecule has 5 heteroatoms. The van der Waals surface area contributed by atoms with Crippen molar-refractivity contribution in [3.8, 4) is 0 Å². The molecular weight excluding hydrogens is 266 g/mol. The summed E-state index contributed by atoms with van der Waals surface area (Å²) < 4.78 is 0. The molecule has 1 saturated heterocycles. The molecule has 2 aromatic rings. The highest BCUT2D eigenvalue weighted by Gasteiger charge is 2.29. The minimum atomic E-state index is -0.449. The van der Waals surface area contributed by atoms with Crippen molar-refractivity contribution < 1.29 is 9.59 Å². The molecule has 5 nitrogen and oxygen atoms in total. The first kappa shape index (κ1) is 13.4. The summed E-state index contributed by atoms with van der Waals surface area (Å²) in [5.41, 5.74) is 0.870. The van der Waals surface area contributed by atoms with Gasteiger partial charge in [0.1, 0.15) is 6.04 Å². The third-order valence-corrected chi connectivity index (χ3v) is 3.63. The van der Waals surface area contributed by atoms with Crippen molar-refractivity contribution in [1.82, 2.24) is 10.2 Å². The average Bonchev–Trinajstić information content (AvgIpc) is 2.92. The van der Waals surface area contributed by atoms with Crippen LogP contribution in [0, 0.1) is 0 Å². The van der Waals surface area contributed by atoms with Gasteiger partial charge in [-0.05, 0) is 29.8 Å². The molecule has 0 radical (unpaired) electrons. The molecule has 3 rings (SSSR count). The zero-order valence-corrected chi connectivity index (χ0v) is 11.8. The second kappa shape index (κ2) is 5.44. The van der Waals surface area contributed by atoms with Crippen molar-refractivity contribution in [2.45, 2.75) is 13.0 Å². The number of urea groups is 1. The first-order valence-corrected chi connectivity index (χ1v) is 7.00. The van der Waals surface area contributed by atoms with Crippen molar-refractivity contribution in [3.63, 3.8) is 0 Å². The zero-order chi connectivity index (χ0) is 14.8. The highest BCUT2D eigenvalue weighted by Crippen LogP contribution is 2.19. The molecule has 1 heterocycles. The fourth-order valence-electron chi connectivity index (χ4n) is 2.51. The Hall–Kier alpha value is -2.56. The number of amides is 3. The van der Waals surface area contributed by atoms with E-state index in [1.54, 1.807) is 6.92 Å². The van der Waals surface area contributed by atoms with Crippen LogP contribution >= 0.6 is 0 Å². The lowest BCUT2D eigenvalue weighted by atomic mass is 10.1. The summed E-state index contributed by atoms with van der Waals surface area (Å²) in [6.07, 6.45) is 0. The highest BCUT2D eigenvalue weighted by atomic mass is 16.2. The Bertz CT molecular complexity index is 699. The lowest BCUT2D eigenvalue weighted by Gasteiger charge is -2.20. The van der Waals surface area contributed by atoms with E-state index in [4.69, 9.17) is 0 Å². The van der Waals surface area contributed by atoms with Crippen molar-refractivity contribution in [2.24, 2.45) is 0 Å². The molecular formula is C16H17N3O2. The third kappa shape index (κ3) is 2.67. The molecule has 0 saturated carbocycles. The van der Waals surface area contributed by atoms with E-state index in [-0.39, 0.29) is 11.9 Å². The molecule has 0 aliphatic carbocycles. The van der Waals surface area contributed by atoms with Gasteiger partial charge in [0.15, 0.2) is 0 Å². The summed E-state index contributed by atoms with van der Waals surface area (Å²) in [4.78, 5) is 25.0. The van der Waals surface area contributed by atoms with Crippen LogP contribution in [0.15, 0.2) is 42.5 Å². The van der Waals surface area contributed by atoms with E-state index in [0.29, 0.717) is 13.1 Å². The molecule has 1 atom stereocenters. The molecule has 0 aromatic heterocycles. The van der Waals surface area contributed by atoms with Crippen molar-refractivity contribution in [2.75, 3.05) is 18.4 Å². The van der Waals surface area contributed by atoms with Gasteiger partial charge >= 0.3 is 6.03 Å². The normalized spacial score (nSPS) is 15.9. The molecule has 2 N–H and O–H groups in total. The monoisotopic (exact) mass is 283 g/mol. The zero-order valence-electron chi connectivity index (χ0n) is 11.8. The van der Waals surface area contributed by atoms with Crippen molar-refractivity contribution >= 4 is 28.4 Å². The number of hydrogen-bond donors (Lipinski definition) is 2. The topological polar surface area (TPSA) is 61.4 Å². The Kier molecular flexibility index (Phi) is 3.48. The maximum atomic E-state index is 12.2. The SMILES string of the molecule is C[C@H](Nc1ccc2ccccc2c1)C(=O)N1CCNC1=O. The molecule has 1 fully saturated rings. The number of anilines is 1. The number of hydrogen-bond acceptors (Lipinski definition) is 3. The van der Waals surface area contributed by atoms with E-state index in [0.717, 1.165) is 16.5 Å². The van der Waals surface area contributed by atoms with Crippen LogP contribution in [0.2, 0.25) is 0 Å². The highest BCUT2D eigenvalue weighted by molar-refractivity contribution is 5.99. The smallest absolute Gasteiger partial charge is 0.324 e. The maximum absolute atomic E-state index is 12.2. The lowest BCUT2D eigenvalue weighted by Crippen LogP contribution is -2.43. The lowest BCUT2D eigenvalue weighted by molar-refractivity contribution is -0.128. The molecule has 1 aliphatic rings. The summed E-state index contributed by atoms with van der Waals surface area (Å²) in [6, 6.07) is 13.2. The van der Waals surface area contributed by atoms with Crippen LogP contribution in [0.5, 0.6) is 0 Å². The summed E-state index contributed by atoms with van der Waals surface area (Å²) in [6.45, 7) is 2.72. The largest absolute Gasteiger partial charge is 0.374 e.